The minimum atomic E-state index is -0.120. The van der Waals surface area contributed by atoms with Gasteiger partial charge in [-0.15, -0.1) is 0 Å². The quantitative estimate of drug-likeness (QED) is 0.821. The van der Waals surface area contributed by atoms with E-state index in [0.717, 1.165) is 28.9 Å². The number of carbonyl (C=O) groups is 1. The van der Waals surface area contributed by atoms with E-state index in [1.54, 1.807) is 7.05 Å². The monoisotopic (exact) mass is 295 g/mol. The van der Waals surface area contributed by atoms with Crippen LogP contribution in [-0.4, -0.2) is 19.6 Å². The Balaban J connectivity index is 2.39. The van der Waals surface area contributed by atoms with E-state index in [1.165, 1.54) is 6.08 Å². The summed E-state index contributed by atoms with van der Waals surface area (Å²) in [5.41, 5.74) is 3.13. The number of likely N-dealkylation sites (N-methyl/N-ethyl adjacent to an activating group) is 1. The molecule has 3 heteroatoms. The molecule has 0 aliphatic heterocycles. The average molecular weight is 295 g/mol. The van der Waals surface area contributed by atoms with E-state index < -0.39 is 0 Å². The number of hydrogen-bond acceptors (Lipinski definition) is 2. The molecule has 0 aliphatic rings. The van der Waals surface area contributed by atoms with Crippen molar-refractivity contribution in [1.29, 1.82) is 0 Å². The summed E-state index contributed by atoms with van der Waals surface area (Å²) in [5, 5.41) is 2.58. The average Bonchev–Trinajstić information content (AvgIpc) is 2.58. The van der Waals surface area contributed by atoms with Crippen molar-refractivity contribution in [3.8, 4) is 16.9 Å². The third-order valence-electron chi connectivity index (χ3n) is 3.24. The van der Waals surface area contributed by atoms with Crippen LogP contribution in [0.25, 0.3) is 17.2 Å². The van der Waals surface area contributed by atoms with E-state index >= 15 is 0 Å². The number of rotatable bonds is 6. The first-order chi connectivity index (χ1) is 10.7. The van der Waals surface area contributed by atoms with Gasteiger partial charge < -0.3 is 10.1 Å². The summed E-state index contributed by atoms with van der Waals surface area (Å²) < 4.78 is 5.72. The topological polar surface area (TPSA) is 38.3 Å². The number of benzene rings is 2. The van der Waals surface area contributed by atoms with E-state index in [4.69, 9.17) is 4.74 Å². The normalized spacial score (nSPS) is 10.6. The predicted octanol–water partition coefficient (Wildman–Crippen LogP) is 3.90. The third kappa shape index (κ3) is 4.22. The third-order valence-corrected chi connectivity index (χ3v) is 3.24. The molecule has 0 atom stereocenters. The van der Waals surface area contributed by atoms with Gasteiger partial charge in [-0.2, -0.15) is 0 Å². The molecule has 0 fully saturated rings. The van der Waals surface area contributed by atoms with Gasteiger partial charge in [-0.3, -0.25) is 4.79 Å². The summed E-state index contributed by atoms with van der Waals surface area (Å²) in [6, 6.07) is 16.0. The number of nitrogens with one attached hydrogen (secondary N) is 1. The van der Waals surface area contributed by atoms with Gasteiger partial charge in [-0.1, -0.05) is 43.3 Å². The summed E-state index contributed by atoms with van der Waals surface area (Å²) >= 11 is 0. The lowest BCUT2D eigenvalue weighted by atomic mass is 9.99. The fourth-order valence-corrected chi connectivity index (χ4v) is 2.11. The van der Waals surface area contributed by atoms with Gasteiger partial charge in [0.25, 0.3) is 0 Å². The summed E-state index contributed by atoms with van der Waals surface area (Å²) in [7, 11) is 1.62. The minimum absolute atomic E-state index is 0.120. The highest BCUT2D eigenvalue weighted by atomic mass is 16.5. The van der Waals surface area contributed by atoms with Crippen LogP contribution in [0.4, 0.5) is 0 Å². The molecule has 2 rings (SSSR count). The van der Waals surface area contributed by atoms with Crippen LogP contribution in [0.1, 0.15) is 18.9 Å². The van der Waals surface area contributed by atoms with E-state index in [2.05, 4.69) is 24.4 Å². The van der Waals surface area contributed by atoms with Gasteiger partial charge in [-0.05, 0) is 41.3 Å². The highest BCUT2D eigenvalue weighted by Crippen LogP contribution is 2.29. The lowest BCUT2D eigenvalue weighted by molar-refractivity contribution is -0.115. The second kappa shape index (κ2) is 8.03. The van der Waals surface area contributed by atoms with E-state index in [9.17, 15) is 4.79 Å². The van der Waals surface area contributed by atoms with Crippen LogP contribution in [-0.2, 0) is 4.79 Å². The molecule has 0 saturated carbocycles. The lowest BCUT2D eigenvalue weighted by Crippen LogP contribution is -2.13. The molecule has 0 aliphatic carbocycles. The van der Waals surface area contributed by atoms with Crippen LogP contribution in [0.3, 0.4) is 0 Å². The van der Waals surface area contributed by atoms with Crippen LogP contribution < -0.4 is 10.1 Å². The zero-order valence-electron chi connectivity index (χ0n) is 13.0. The number of carbonyl (C=O) groups excluding carboxylic acids is 1. The molecule has 1 amide bonds. The van der Waals surface area contributed by atoms with Crippen molar-refractivity contribution in [2.75, 3.05) is 13.7 Å². The molecule has 3 nitrogen and oxygen atoms in total. The van der Waals surface area contributed by atoms with Crippen LogP contribution in [0.2, 0.25) is 0 Å². The Morgan fingerprint density at radius 2 is 1.95 bits per heavy atom. The summed E-state index contributed by atoms with van der Waals surface area (Å²) in [6.07, 6.45) is 4.33. The van der Waals surface area contributed by atoms with Gasteiger partial charge in [0.15, 0.2) is 0 Å². The molecule has 0 radical (unpaired) electrons. The summed E-state index contributed by atoms with van der Waals surface area (Å²) in [5.74, 6) is 0.725. The Hall–Kier alpha value is -2.55. The standard InChI is InChI=1S/C19H21NO2/c1-3-13-22-17-11-9-16(10-12-19(21)20-2)18(14-17)15-7-5-4-6-8-15/h4-12,14H,3,13H2,1-2H3,(H,20,21)/b12-10+. The van der Waals surface area contributed by atoms with Crippen LogP contribution in [0.5, 0.6) is 5.75 Å². The molecule has 114 valence electrons. The van der Waals surface area contributed by atoms with Gasteiger partial charge in [0.2, 0.25) is 5.91 Å². The molecule has 2 aromatic rings. The predicted molar refractivity (Wildman–Crippen MR) is 90.8 cm³/mol. The summed E-state index contributed by atoms with van der Waals surface area (Å²) in [4.78, 5) is 11.4. The Morgan fingerprint density at radius 3 is 2.64 bits per heavy atom. The highest BCUT2D eigenvalue weighted by molar-refractivity contribution is 5.93. The van der Waals surface area contributed by atoms with Crippen molar-refractivity contribution >= 4 is 12.0 Å². The largest absolute Gasteiger partial charge is 0.494 e. The first-order valence-electron chi connectivity index (χ1n) is 7.46. The van der Waals surface area contributed by atoms with Crippen molar-refractivity contribution in [1.82, 2.24) is 5.32 Å². The summed E-state index contributed by atoms with van der Waals surface area (Å²) in [6.45, 7) is 2.78. The molecule has 0 saturated heterocycles. The molecular weight excluding hydrogens is 274 g/mol. The molecule has 0 heterocycles. The molecule has 0 bridgehead atoms. The van der Waals surface area contributed by atoms with Crippen LogP contribution in [0.15, 0.2) is 54.6 Å². The maximum absolute atomic E-state index is 11.4. The Labute approximate surface area is 131 Å². The Bertz CT molecular complexity index is 648. The van der Waals surface area contributed by atoms with Crippen LogP contribution in [0, 0.1) is 0 Å². The smallest absolute Gasteiger partial charge is 0.243 e. The molecule has 0 unspecified atom stereocenters. The molecular formula is C19H21NO2. The molecule has 22 heavy (non-hydrogen) atoms. The maximum atomic E-state index is 11.4. The van der Waals surface area contributed by atoms with Crippen LogP contribution >= 0.6 is 0 Å². The van der Waals surface area contributed by atoms with Crippen molar-refractivity contribution in [2.24, 2.45) is 0 Å². The van der Waals surface area contributed by atoms with Gasteiger partial charge in [0, 0.05) is 13.1 Å². The number of amides is 1. The minimum Gasteiger partial charge on any atom is -0.494 e. The van der Waals surface area contributed by atoms with Crippen molar-refractivity contribution < 1.29 is 9.53 Å². The molecule has 2 aromatic carbocycles. The van der Waals surface area contributed by atoms with Gasteiger partial charge in [-0.25, -0.2) is 0 Å². The fraction of sp³-hybridized carbons (Fsp3) is 0.211. The van der Waals surface area contributed by atoms with Crippen molar-refractivity contribution in [3.05, 3.63) is 60.2 Å². The van der Waals surface area contributed by atoms with Gasteiger partial charge >= 0.3 is 0 Å². The second-order valence-corrected chi connectivity index (χ2v) is 4.91. The van der Waals surface area contributed by atoms with Crippen molar-refractivity contribution in [3.63, 3.8) is 0 Å². The van der Waals surface area contributed by atoms with E-state index in [0.29, 0.717) is 6.61 Å². The fourth-order valence-electron chi connectivity index (χ4n) is 2.11. The van der Waals surface area contributed by atoms with Gasteiger partial charge in [0.05, 0.1) is 6.61 Å². The first kappa shape index (κ1) is 15.8. The maximum Gasteiger partial charge on any atom is 0.243 e. The number of hydrogen-bond donors (Lipinski definition) is 1. The molecule has 0 spiro atoms. The Kier molecular flexibility index (Phi) is 5.78. The molecule has 1 N–H and O–H groups in total. The Morgan fingerprint density at radius 1 is 1.18 bits per heavy atom. The zero-order chi connectivity index (χ0) is 15.8. The first-order valence-corrected chi connectivity index (χ1v) is 7.46. The SMILES string of the molecule is CCCOc1ccc(/C=C/C(=O)NC)c(-c2ccccc2)c1. The zero-order valence-corrected chi connectivity index (χ0v) is 13.0. The van der Waals surface area contributed by atoms with E-state index in [1.807, 2.05) is 42.5 Å². The van der Waals surface area contributed by atoms with Gasteiger partial charge in [0.1, 0.15) is 5.75 Å². The second-order valence-electron chi connectivity index (χ2n) is 4.91. The lowest BCUT2D eigenvalue weighted by Gasteiger charge is -2.11. The number of ether oxygens (including phenoxy) is 1. The molecule has 0 aromatic heterocycles. The van der Waals surface area contributed by atoms with E-state index in [-0.39, 0.29) is 5.91 Å². The van der Waals surface area contributed by atoms with Crippen molar-refractivity contribution in [2.45, 2.75) is 13.3 Å². The highest BCUT2D eigenvalue weighted by Gasteiger charge is 2.06.